The van der Waals surface area contributed by atoms with Crippen molar-refractivity contribution in [2.75, 3.05) is 0 Å². The number of halogens is 1. The van der Waals surface area contributed by atoms with Crippen LogP contribution in [0.25, 0.3) is 0 Å². The third-order valence-corrected chi connectivity index (χ3v) is 1.67. The molecule has 0 N–H and O–H groups in total. The van der Waals surface area contributed by atoms with Crippen LogP contribution < -0.4 is 0 Å². The molecule has 0 fully saturated rings. The van der Waals surface area contributed by atoms with E-state index in [0.717, 1.165) is 0 Å². The van der Waals surface area contributed by atoms with Crippen molar-refractivity contribution in [3.8, 4) is 0 Å². The van der Waals surface area contributed by atoms with Crippen LogP contribution in [-0.2, 0) is 9.59 Å². The van der Waals surface area contributed by atoms with E-state index in [1.807, 2.05) is 0 Å². The van der Waals surface area contributed by atoms with Gasteiger partial charge in [-0.25, -0.2) is 0 Å². The predicted octanol–water partition coefficient (Wildman–Crippen LogP) is 1.76. The molecule has 0 saturated carbocycles. The van der Waals surface area contributed by atoms with Crippen LogP contribution in [0.5, 0.6) is 0 Å². The fourth-order valence-corrected chi connectivity index (χ4v) is 0.806. The summed E-state index contributed by atoms with van der Waals surface area (Å²) in [5.74, 6) is -0.0125. The normalized spacial score (nSPS) is 11.2. The molecule has 0 radical (unpaired) electrons. The van der Waals surface area contributed by atoms with Crippen LogP contribution in [-0.4, -0.2) is 11.0 Å². The van der Waals surface area contributed by atoms with Gasteiger partial charge < -0.3 is 0 Å². The van der Waals surface area contributed by atoms with Crippen LogP contribution in [0, 0.1) is 5.41 Å². The van der Waals surface area contributed by atoms with Crippen molar-refractivity contribution in [1.82, 2.24) is 0 Å². The van der Waals surface area contributed by atoms with E-state index in [0.29, 0.717) is 0 Å². The SMILES string of the molecule is CC(=O)C(C)(C)CC(=O)Cl. The van der Waals surface area contributed by atoms with Gasteiger partial charge in [0.25, 0.3) is 0 Å². The molecule has 0 spiro atoms. The summed E-state index contributed by atoms with van der Waals surface area (Å²) in [5.41, 5.74) is -0.598. The van der Waals surface area contributed by atoms with Gasteiger partial charge in [0, 0.05) is 11.8 Å². The van der Waals surface area contributed by atoms with Crippen molar-refractivity contribution in [1.29, 1.82) is 0 Å². The van der Waals surface area contributed by atoms with Crippen molar-refractivity contribution in [2.24, 2.45) is 5.41 Å². The first-order chi connectivity index (χ1) is 4.36. The second kappa shape index (κ2) is 3.15. The largest absolute Gasteiger partial charge is 0.299 e. The lowest BCUT2D eigenvalue weighted by Crippen LogP contribution is -2.23. The molecule has 3 heteroatoms. The molecule has 0 aliphatic heterocycles. The second-order valence-electron chi connectivity index (χ2n) is 2.97. The zero-order chi connectivity index (χ0) is 8.36. The zero-order valence-electron chi connectivity index (χ0n) is 6.40. The summed E-state index contributed by atoms with van der Waals surface area (Å²) in [7, 11) is 0. The number of carbonyl (C=O) groups is 2. The molecule has 0 rings (SSSR count). The van der Waals surface area contributed by atoms with Gasteiger partial charge in [-0.05, 0) is 18.5 Å². The van der Waals surface area contributed by atoms with E-state index in [2.05, 4.69) is 0 Å². The number of ketones is 1. The summed E-state index contributed by atoms with van der Waals surface area (Å²) >= 11 is 5.12. The van der Waals surface area contributed by atoms with Gasteiger partial charge in [0.05, 0.1) is 0 Å². The van der Waals surface area contributed by atoms with Crippen molar-refractivity contribution in [2.45, 2.75) is 27.2 Å². The zero-order valence-corrected chi connectivity index (χ0v) is 7.16. The molecule has 2 nitrogen and oxygen atoms in total. The van der Waals surface area contributed by atoms with E-state index in [1.165, 1.54) is 6.92 Å². The summed E-state index contributed by atoms with van der Waals surface area (Å²) in [5, 5.41) is -0.458. The second-order valence-corrected chi connectivity index (χ2v) is 3.39. The number of rotatable bonds is 3. The number of hydrogen-bond donors (Lipinski definition) is 0. The average molecular weight is 163 g/mol. The highest BCUT2D eigenvalue weighted by atomic mass is 35.5. The summed E-state index contributed by atoms with van der Waals surface area (Å²) in [4.78, 5) is 21.2. The minimum absolute atomic E-state index is 0.0125. The monoisotopic (exact) mass is 162 g/mol. The highest BCUT2D eigenvalue weighted by Crippen LogP contribution is 2.22. The van der Waals surface area contributed by atoms with E-state index in [9.17, 15) is 9.59 Å². The Kier molecular flexibility index (Phi) is 3.03. The van der Waals surface area contributed by atoms with E-state index < -0.39 is 10.7 Å². The molecule has 10 heavy (non-hydrogen) atoms. The van der Waals surface area contributed by atoms with Crippen LogP contribution in [0.1, 0.15) is 27.2 Å². The molecule has 0 bridgehead atoms. The van der Waals surface area contributed by atoms with Crippen molar-refractivity contribution >= 4 is 22.6 Å². The Morgan fingerprint density at radius 2 is 1.80 bits per heavy atom. The maximum absolute atomic E-state index is 10.8. The van der Waals surface area contributed by atoms with Gasteiger partial charge in [0.2, 0.25) is 5.24 Å². The maximum Gasteiger partial charge on any atom is 0.222 e. The summed E-state index contributed by atoms with van der Waals surface area (Å²) < 4.78 is 0. The van der Waals surface area contributed by atoms with Gasteiger partial charge in [-0.15, -0.1) is 0 Å². The van der Waals surface area contributed by atoms with Crippen LogP contribution in [0.15, 0.2) is 0 Å². The van der Waals surface area contributed by atoms with Gasteiger partial charge in [-0.2, -0.15) is 0 Å². The highest BCUT2D eigenvalue weighted by molar-refractivity contribution is 6.63. The molecule has 0 saturated heterocycles. The fraction of sp³-hybridized carbons (Fsp3) is 0.714. The maximum atomic E-state index is 10.8. The van der Waals surface area contributed by atoms with Crippen LogP contribution in [0.4, 0.5) is 0 Å². The first kappa shape index (κ1) is 9.63. The average Bonchev–Trinajstić information content (AvgIpc) is 1.60. The van der Waals surface area contributed by atoms with E-state index in [1.54, 1.807) is 13.8 Å². The van der Waals surface area contributed by atoms with Gasteiger partial charge in [0.1, 0.15) is 5.78 Å². The van der Waals surface area contributed by atoms with Gasteiger partial charge in [-0.3, -0.25) is 9.59 Å². The third-order valence-electron chi connectivity index (χ3n) is 1.53. The Hall–Kier alpha value is -0.370. The van der Waals surface area contributed by atoms with Gasteiger partial charge >= 0.3 is 0 Å². The van der Waals surface area contributed by atoms with Crippen molar-refractivity contribution in [3.05, 3.63) is 0 Å². The smallest absolute Gasteiger partial charge is 0.222 e. The summed E-state index contributed by atoms with van der Waals surface area (Å²) in [6.07, 6.45) is 0.115. The lowest BCUT2D eigenvalue weighted by Gasteiger charge is -2.17. The molecular weight excluding hydrogens is 152 g/mol. The Balaban J connectivity index is 4.13. The molecule has 0 aliphatic rings. The predicted molar refractivity (Wildman–Crippen MR) is 39.9 cm³/mol. The molecule has 0 amide bonds. The minimum Gasteiger partial charge on any atom is -0.299 e. The van der Waals surface area contributed by atoms with E-state index >= 15 is 0 Å². The molecule has 0 aromatic heterocycles. The Morgan fingerprint density at radius 1 is 1.40 bits per heavy atom. The summed E-state index contributed by atoms with van der Waals surface area (Å²) in [6.45, 7) is 4.87. The van der Waals surface area contributed by atoms with Crippen LogP contribution in [0.2, 0.25) is 0 Å². The first-order valence-electron chi connectivity index (χ1n) is 3.05. The lowest BCUT2D eigenvalue weighted by atomic mass is 9.86. The first-order valence-corrected chi connectivity index (χ1v) is 3.43. The molecule has 0 heterocycles. The third kappa shape index (κ3) is 2.97. The molecule has 0 aromatic rings. The Bertz CT molecular complexity index is 161. The molecule has 0 aliphatic carbocycles. The molecule has 0 unspecified atom stereocenters. The number of hydrogen-bond acceptors (Lipinski definition) is 2. The lowest BCUT2D eigenvalue weighted by molar-refractivity contribution is -0.128. The van der Waals surface area contributed by atoms with Gasteiger partial charge in [0.15, 0.2) is 0 Å². The molecule has 0 aromatic carbocycles. The number of carbonyl (C=O) groups excluding carboxylic acids is 2. The molecule has 58 valence electrons. The topological polar surface area (TPSA) is 34.1 Å². The van der Waals surface area contributed by atoms with E-state index in [-0.39, 0.29) is 12.2 Å². The van der Waals surface area contributed by atoms with Crippen molar-refractivity contribution in [3.63, 3.8) is 0 Å². The van der Waals surface area contributed by atoms with Crippen LogP contribution in [0.3, 0.4) is 0 Å². The Morgan fingerprint density at radius 3 is 1.90 bits per heavy atom. The van der Waals surface area contributed by atoms with Crippen molar-refractivity contribution < 1.29 is 9.59 Å². The van der Waals surface area contributed by atoms with E-state index in [4.69, 9.17) is 11.6 Å². The highest BCUT2D eigenvalue weighted by Gasteiger charge is 2.25. The summed E-state index contributed by atoms with van der Waals surface area (Å²) in [6, 6.07) is 0. The fourth-order valence-electron chi connectivity index (χ4n) is 0.472. The van der Waals surface area contributed by atoms with Gasteiger partial charge in [-0.1, -0.05) is 13.8 Å². The van der Waals surface area contributed by atoms with Crippen LogP contribution >= 0.6 is 11.6 Å². The standard InChI is InChI=1S/C7H11ClO2/c1-5(9)7(2,3)4-6(8)10/h4H2,1-3H3. The Labute approximate surface area is 65.6 Å². The quantitative estimate of drug-likeness (QED) is 0.593. The number of Topliss-reactive ketones (excluding diaryl/α,β-unsaturated/α-hetero) is 1. The molecular formula is C7H11ClO2. The molecule has 0 atom stereocenters. The minimum atomic E-state index is -0.598.